The average Bonchev–Trinajstić information content (AvgIpc) is 3.48. The van der Waals surface area contributed by atoms with Crippen LogP contribution in [0.15, 0.2) is 158 Å². The maximum atomic E-state index is 13.5. The Morgan fingerprint density at radius 3 is 1.80 bits per heavy atom. The molecule has 0 fully saturated rings. The summed E-state index contributed by atoms with van der Waals surface area (Å²) in [6.45, 7) is 3.63. The van der Waals surface area contributed by atoms with Gasteiger partial charge in [0.2, 0.25) is 0 Å². The van der Waals surface area contributed by atoms with Gasteiger partial charge in [0, 0.05) is 16.5 Å². The number of fused-ring (bicyclic) bond motifs is 4. The van der Waals surface area contributed by atoms with Crippen LogP contribution in [0.4, 0.5) is 39.8 Å². The SMILES string of the molecule is Cc1cc(N=Nc2ccc3c(c2)C(=O)c2cc(N=Nc4ccc(N=Nc5c(O)c(C(=O)Nc6ccccc6Cl)cc6ccccc56)c(C)c4)ccc2-3)ccc1O. The van der Waals surface area contributed by atoms with Gasteiger partial charge in [0.15, 0.2) is 11.5 Å². The van der Waals surface area contributed by atoms with Gasteiger partial charge in [0.05, 0.1) is 44.7 Å². The van der Waals surface area contributed by atoms with Crippen molar-refractivity contribution in [3.8, 4) is 22.6 Å². The lowest BCUT2D eigenvalue weighted by atomic mass is 10.0. The lowest BCUT2D eigenvalue weighted by molar-refractivity contribution is 0.102. The molecule has 0 atom stereocenters. The smallest absolute Gasteiger partial charge is 0.259 e. The summed E-state index contributed by atoms with van der Waals surface area (Å²) < 4.78 is 0. The molecule has 7 aromatic carbocycles. The fourth-order valence-electron chi connectivity index (χ4n) is 6.37. The summed E-state index contributed by atoms with van der Waals surface area (Å²) in [7, 11) is 0. The van der Waals surface area contributed by atoms with Gasteiger partial charge in [0.1, 0.15) is 11.4 Å². The van der Waals surface area contributed by atoms with Crippen molar-refractivity contribution in [3.63, 3.8) is 0 Å². The lowest BCUT2D eigenvalue weighted by Crippen LogP contribution is -2.12. The van der Waals surface area contributed by atoms with Gasteiger partial charge < -0.3 is 15.5 Å². The number of benzene rings is 7. The normalized spacial score (nSPS) is 12.2. The quantitative estimate of drug-likeness (QED) is 0.132. The first-order valence-electron chi connectivity index (χ1n) is 17.4. The van der Waals surface area contributed by atoms with E-state index in [4.69, 9.17) is 11.6 Å². The number of azo groups is 3. The zero-order valence-electron chi connectivity index (χ0n) is 29.9. The fraction of sp³-hybridized carbons (Fsp3) is 0.0455. The Bertz CT molecular complexity index is 2850. The lowest BCUT2D eigenvalue weighted by Gasteiger charge is -2.12. The number of hydrogen-bond donors (Lipinski definition) is 3. The minimum atomic E-state index is -0.546. The van der Waals surface area contributed by atoms with Gasteiger partial charge in [-0.15, -0.1) is 5.11 Å². The second-order valence-corrected chi connectivity index (χ2v) is 13.5. The Morgan fingerprint density at radius 2 is 1.16 bits per heavy atom. The second kappa shape index (κ2) is 14.8. The van der Waals surface area contributed by atoms with Crippen LogP contribution in [0.1, 0.15) is 37.4 Å². The number of carbonyl (C=O) groups excluding carboxylic acids is 2. The van der Waals surface area contributed by atoms with Crippen LogP contribution in [-0.2, 0) is 0 Å². The molecule has 0 saturated carbocycles. The van der Waals surface area contributed by atoms with Crippen LogP contribution in [0.5, 0.6) is 11.5 Å². The molecule has 12 heteroatoms. The highest BCUT2D eigenvalue weighted by molar-refractivity contribution is 6.34. The number of anilines is 1. The molecule has 0 radical (unpaired) electrons. The number of hydrogen-bond acceptors (Lipinski definition) is 10. The Hall–Kier alpha value is -7.37. The standard InChI is InChI=1S/C44H30ClN7O4/c1-24-19-27(13-17-38(24)51-52-41-31-8-4-3-7-26(31)21-36(43(41)55)44(56)46-39-10-6-5-9-37(39)45)47-49-29-11-15-32-33-16-12-30(23-35(33)42(54)34(32)22-29)50-48-28-14-18-40(53)25(2)20-28/h3-23,53,55H,1-2H3,(H,46,56). The average molecular weight is 756 g/mol. The number of rotatable bonds is 8. The number of para-hydroxylation sites is 1. The van der Waals surface area contributed by atoms with Crippen molar-refractivity contribution in [2.45, 2.75) is 13.8 Å². The molecule has 1 amide bonds. The number of aryl methyl sites for hydroxylation is 2. The number of phenolic OH excluding ortho intramolecular Hbond substituents is 2. The van der Waals surface area contributed by atoms with E-state index in [0.717, 1.165) is 16.7 Å². The predicted octanol–water partition coefficient (Wildman–Crippen LogP) is 13.2. The summed E-state index contributed by atoms with van der Waals surface area (Å²) in [5, 5.41) is 51.7. The third-order valence-electron chi connectivity index (χ3n) is 9.33. The molecular weight excluding hydrogens is 726 g/mol. The highest BCUT2D eigenvalue weighted by atomic mass is 35.5. The van der Waals surface area contributed by atoms with Gasteiger partial charge in [0.25, 0.3) is 5.91 Å². The van der Waals surface area contributed by atoms with E-state index in [9.17, 15) is 19.8 Å². The minimum absolute atomic E-state index is 0.0235. The van der Waals surface area contributed by atoms with E-state index < -0.39 is 5.91 Å². The van der Waals surface area contributed by atoms with E-state index in [1.807, 2.05) is 43.3 Å². The third-order valence-corrected chi connectivity index (χ3v) is 9.66. The van der Waals surface area contributed by atoms with Gasteiger partial charge in [-0.1, -0.05) is 60.1 Å². The largest absolute Gasteiger partial charge is 0.508 e. The van der Waals surface area contributed by atoms with Crippen LogP contribution in [0, 0.1) is 13.8 Å². The minimum Gasteiger partial charge on any atom is -0.508 e. The number of amides is 1. The van der Waals surface area contributed by atoms with Gasteiger partial charge >= 0.3 is 0 Å². The number of aromatic hydroxyl groups is 2. The van der Waals surface area contributed by atoms with Crippen molar-refractivity contribution < 1.29 is 19.8 Å². The monoisotopic (exact) mass is 755 g/mol. The highest BCUT2D eigenvalue weighted by Gasteiger charge is 2.27. The van der Waals surface area contributed by atoms with Crippen molar-refractivity contribution in [1.82, 2.24) is 0 Å². The van der Waals surface area contributed by atoms with E-state index in [-0.39, 0.29) is 28.5 Å². The zero-order chi connectivity index (χ0) is 38.9. The topological polar surface area (TPSA) is 161 Å². The van der Waals surface area contributed by atoms with Crippen molar-refractivity contribution >= 4 is 73.9 Å². The molecule has 272 valence electrons. The summed E-state index contributed by atoms with van der Waals surface area (Å²) >= 11 is 6.24. The Balaban J connectivity index is 0.996. The Morgan fingerprint density at radius 1 is 0.589 bits per heavy atom. The molecule has 11 nitrogen and oxygen atoms in total. The number of carbonyl (C=O) groups is 2. The van der Waals surface area contributed by atoms with Gasteiger partial charge in [-0.2, -0.15) is 25.6 Å². The first kappa shape index (κ1) is 35.6. The van der Waals surface area contributed by atoms with Crippen LogP contribution >= 0.6 is 11.6 Å². The number of halogens is 1. The van der Waals surface area contributed by atoms with Crippen LogP contribution in [0.25, 0.3) is 21.9 Å². The molecule has 8 rings (SSSR count). The Kier molecular flexibility index (Phi) is 9.43. The van der Waals surface area contributed by atoms with E-state index in [2.05, 4.69) is 36.0 Å². The molecule has 0 unspecified atom stereocenters. The molecule has 1 aliphatic carbocycles. The van der Waals surface area contributed by atoms with Crippen molar-refractivity contribution in [3.05, 3.63) is 160 Å². The second-order valence-electron chi connectivity index (χ2n) is 13.1. The van der Waals surface area contributed by atoms with Crippen molar-refractivity contribution in [1.29, 1.82) is 0 Å². The van der Waals surface area contributed by atoms with E-state index >= 15 is 0 Å². The predicted molar refractivity (Wildman–Crippen MR) is 217 cm³/mol. The molecule has 1 aliphatic rings. The molecule has 7 aromatic rings. The van der Waals surface area contributed by atoms with Crippen LogP contribution in [-0.4, -0.2) is 21.9 Å². The molecule has 56 heavy (non-hydrogen) atoms. The summed E-state index contributed by atoms with van der Waals surface area (Å²) in [6.07, 6.45) is 0. The molecule has 0 spiro atoms. The fourth-order valence-corrected chi connectivity index (χ4v) is 6.56. The zero-order valence-corrected chi connectivity index (χ0v) is 30.7. The van der Waals surface area contributed by atoms with Gasteiger partial charge in [-0.25, -0.2) is 0 Å². The number of nitrogens with one attached hydrogen (secondary N) is 1. The number of ketones is 1. The molecule has 0 aliphatic heterocycles. The van der Waals surface area contributed by atoms with Crippen molar-refractivity contribution in [2.75, 3.05) is 5.32 Å². The molecule has 3 N–H and O–H groups in total. The van der Waals surface area contributed by atoms with E-state index in [0.29, 0.717) is 66.6 Å². The van der Waals surface area contributed by atoms with Crippen LogP contribution < -0.4 is 5.32 Å². The van der Waals surface area contributed by atoms with Gasteiger partial charge in [-0.3, -0.25) is 9.59 Å². The summed E-state index contributed by atoms with van der Waals surface area (Å²) in [4.78, 5) is 26.7. The summed E-state index contributed by atoms with van der Waals surface area (Å²) in [5.41, 5.74) is 7.39. The maximum absolute atomic E-state index is 13.5. The van der Waals surface area contributed by atoms with Gasteiger partial charge in [-0.05, 0) is 120 Å². The first-order chi connectivity index (χ1) is 27.1. The van der Waals surface area contributed by atoms with Crippen LogP contribution in [0.3, 0.4) is 0 Å². The molecule has 0 bridgehead atoms. The highest BCUT2D eigenvalue weighted by Crippen LogP contribution is 2.42. The molecule has 0 heterocycles. The van der Waals surface area contributed by atoms with Crippen molar-refractivity contribution in [2.24, 2.45) is 30.7 Å². The van der Waals surface area contributed by atoms with Crippen LogP contribution in [0.2, 0.25) is 5.02 Å². The third kappa shape index (κ3) is 7.02. The van der Waals surface area contributed by atoms with E-state index in [1.165, 1.54) is 0 Å². The molecule has 0 aromatic heterocycles. The maximum Gasteiger partial charge on any atom is 0.259 e. The van der Waals surface area contributed by atoms with E-state index in [1.54, 1.807) is 97.9 Å². The molecular formula is C44H30ClN7O4. The molecule has 0 saturated heterocycles. The Labute approximate surface area is 325 Å². The number of phenols is 2. The summed E-state index contributed by atoms with van der Waals surface area (Å²) in [6, 6.07) is 36.7. The summed E-state index contributed by atoms with van der Waals surface area (Å²) in [5.74, 6) is -0.815. The first-order valence-corrected chi connectivity index (χ1v) is 17.8. The number of nitrogens with zero attached hydrogens (tertiary/aromatic N) is 6.